The highest BCUT2D eigenvalue weighted by Crippen LogP contribution is 2.18. The molecule has 82 valence electrons. The van der Waals surface area contributed by atoms with Gasteiger partial charge in [-0.15, -0.1) is 0 Å². The first-order valence-corrected chi connectivity index (χ1v) is 5.92. The molecule has 0 unspecified atom stereocenters. The van der Waals surface area contributed by atoms with Gasteiger partial charge in [0.2, 0.25) is 0 Å². The van der Waals surface area contributed by atoms with Crippen molar-refractivity contribution >= 4 is 5.57 Å². The highest BCUT2D eigenvalue weighted by Gasteiger charge is 1.98. The van der Waals surface area contributed by atoms with Crippen molar-refractivity contribution in [3.63, 3.8) is 0 Å². The number of hydrogen-bond donors (Lipinski definition) is 0. The van der Waals surface area contributed by atoms with E-state index in [-0.39, 0.29) is 0 Å². The Morgan fingerprint density at radius 1 is 1.27 bits per heavy atom. The number of pyridine rings is 1. The van der Waals surface area contributed by atoms with Crippen LogP contribution in [0.15, 0.2) is 31.1 Å². The van der Waals surface area contributed by atoms with E-state index in [1.54, 1.807) is 6.20 Å². The molecule has 1 rings (SSSR count). The lowest BCUT2D eigenvalue weighted by Crippen LogP contribution is -1.85. The second-order valence-electron chi connectivity index (χ2n) is 4.01. The van der Waals surface area contributed by atoms with E-state index in [0.717, 1.165) is 6.42 Å². The van der Waals surface area contributed by atoms with Crippen LogP contribution in [0.5, 0.6) is 0 Å². The SMILES string of the molecule is C=C(CCCCCCC)c1cccnc1. The Morgan fingerprint density at radius 3 is 2.73 bits per heavy atom. The zero-order chi connectivity index (χ0) is 10.9. The van der Waals surface area contributed by atoms with Gasteiger partial charge in [-0.1, -0.05) is 45.3 Å². The molecule has 1 nitrogen and oxygen atoms in total. The van der Waals surface area contributed by atoms with Crippen LogP contribution in [0.25, 0.3) is 5.57 Å². The third-order valence-corrected chi connectivity index (χ3v) is 2.65. The molecule has 1 heterocycles. The molecule has 0 bridgehead atoms. The molecule has 0 saturated heterocycles. The van der Waals surface area contributed by atoms with Crippen LogP contribution >= 0.6 is 0 Å². The van der Waals surface area contributed by atoms with E-state index >= 15 is 0 Å². The van der Waals surface area contributed by atoms with E-state index in [0.29, 0.717) is 0 Å². The Balaban J connectivity index is 2.20. The maximum atomic E-state index is 4.10. The molecule has 15 heavy (non-hydrogen) atoms. The lowest BCUT2D eigenvalue weighted by atomic mass is 10.0. The predicted molar refractivity (Wildman–Crippen MR) is 66.6 cm³/mol. The van der Waals surface area contributed by atoms with Gasteiger partial charge in [-0.05, 0) is 30.0 Å². The Bertz CT molecular complexity index is 277. The van der Waals surface area contributed by atoms with E-state index in [1.807, 2.05) is 12.3 Å². The van der Waals surface area contributed by atoms with Crippen molar-refractivity contribution < 1.29 is 0 Å². The maximum absolute atomic E-state index is 4.10. The van der Waals surface area contributed by atoms with Gasteiger partial charge in [0.15, 0.2) is 0 Å². The monoisotopic (exact) mass is 203 g/mol. The van der Waals surface area contributed by atoms with Crippen LogP contribution in [0.1, 0.15) is 51.0 Å². The van der Waals surface area contributed by atoms with Crippen molar-refractivity contribution in [1.82, 2.24) is 4.98 Å². The minimum Gasteiger partial charge on any atom is -0.264 e. The summed E-state index contributed by atoms with van der Waals surface area (Å²) in [5.41, 5.74) is 2.41. The fraction of sp³-hybridized carbons (Fsp3) is 0.500. The van der Waals surface area contributed by atoms with Crippen molar-refractivity contribution in [1.29, 1.82) is 0 Å². The Hall–Kier alpha value is -1.11. The summed E-state index contributed by atoms with van der Waals surface area (Å²) in [7, 11) is 0. The maximum Gasteiger partial charge on any atom is 0.0342 e. The molecule has 0 aromatic carbocycles. The molecule has 1 heteroatoms. The van der Waals surface area contributed by atoms with Crippen molar-refractivity contribution in [3.05, 3.63) is 36.7 Å². The summed E-state index contributed by atoms with van der Waals surface area (Å²) in [6.07, 6.45) is 11.4. The molecule has 0 atom stereocenters. The smallest absolute Gasteiger partial charge is 0.0342 e. The van der Waals surface area contributed by atoms with Crippen LogP contribution < -0.4 is 0 Å². The first-order valence-electron chi connectivity index (χ1n) is 5.92. The predicted octanol–water partition coefficient (Wildman–Crippen LogP) is 4.46. The van der Waals surface area contributed by atoms with Gasteiger partial charge in [-0.25, -0.2) is 0 Å². The Labute approximate surface area is 93.2 Å². The van der Waals surface area contributed by atoms with Crippen molar-refractivity contribution in [2.24, 2.45) is 0 Å². The van der Waals surface area contributed by atoms with Gasteiger partial charge >= 0.3 is 0 Å². The van der Waals surface area contributed by atoms with Gasteiger partial charge in [0.25, 0.3) is 0 Å². The van der Waals surface area contributed by atoms with Crippen LogP contribution in [-0.2, 0) is 0 Å². The van der Waals surface area contributed by atoms with Crippen molar-refractivity contribution in [3.8, 4) is 0 Å². The van der Waals surface area contributed by atoms with Gasteiger partial charge in [0.1, 0.15) is 0 Å². The number of aromatic nitrogens is 1. The normalized spacial score (nSPS) is 10.2. The second-order valence-corrected chi connectivity index (χ2v) is 4.01. The summed E-state index contributed by atoms with van der Waals surface area (Å²) in [6, 6.07) is 4.05. The van der Waals surface area contributed by atoms with E-state index in [2.05, 4.69) is 24.6 Å². The lowest BCUT2D eigenvalue weighted by molar-refractivity contribution is 0.640. The van der Waals surface area contributed by atoms with Crippen LogP contribution in [-0.4, -0.2) is 4.98 Å². The number of hydrogen-bond acceptors (Lipinski definition) is 1. The molecule has 0 saturated carbocycles. The number of rotatable bonds is 7. The molecule has 1 aromatic heterocycles. The number of unbranched alkanes of at least 4 members (excludes halogenated alkanes) is 4. The van der Waals surface area contributed by atoms with E-state index in [4.69, 9.17) is 0 Å². The van der Waals surface area contributed by atoms with Crippen LogP contribution in [0.3, 0.4) is 0 Å². The number of allylic oxidation sites excluding steroid dienone is 1. The van der Waals surface area contributed by atoms with Gasteiger partial charge < -0.3 is 0 Å². The first kappa shape index (κ1) is 12.0. The Morgan fingerprint density at radius 2 is 2.07 bits per heavy atom. The quantitative estimate of drug-likeness (QED) is 0.596. The third-order valence-electron chi connectivity index (χ3n) is 2.65. The molecule has 0 spiro atoms. The topological polar surface area (TPSA) is 12.9 Å². The fourth-order valence-corrected chi connectivity index (χ4v) is 1.66. The lowest BCUT2D eigenvalue weighted by Gasteiger charge is -2.04. The molecule has 0 aliphatic rings. The fourth-order valence-electron chi connectivity index (χ4n) is 1.66. The summed E-state index contributed by atoms with van der Waals surface area (Å²) >= 11 is 0. The van der Waals surface area contributed by atoms with E-state index in [9.17, 15) is 0 Å². The van der Waals surface area contributed by atoms with Gasteiger partial charge in [0.05, 0.1) is 0 Å². The third kappa shape index (κ3) is 4.78. The molecule has 0 aliphatic heterocycles. The minimum atomic E-state index is 1.11. The average molecular weight is 203 g/mol. The highest BCUT2D eigenvalue weighted by molar-refractivity contribution is 5.62. The average Bonchev–Trinajstić information content (AvgIpc) is 2.30. The summed E-state index contributed by atoms with van der Waals surface area (Å²) in [5, 5.41) is 0. The molecule has 0 fully saturated rings. The molecule has 1 aromatic rings. The van der Waals surface area contributed by atoms with Crippen LogP contribution in [0, 0.1) is 0 Å². The molecule has 0 radical (unpaired) electrons. The minimum absolute atomic E-state index is 1.11. The molecule has 0 N–H and O–H groups in total. The summed E-state index contributed by atoms with van der Waals surface area (Å²) in [6.45, 7) is 6.35. The van der Waals surface area contributed by atoms with Crippen molar-refractivity contribution in [2.75, 3.05) is 0 Å². The van der Waals surface area contributed by atoms with Gasteiger partial charge in [-0.3, -0.25) is 4.98 Å². The molecular formula is C14H21N. The van der Waals surface area contributed by atoms with Gasteiger partial charge in [-0.2, -0.15) is 0 Å². The largest absolute Gasteiger partial charge is 0.264 e. The number of nitrogens with zero attached hydrogens (tertiary/aromatic N) is 1. The molecular weight excluding hydrogens is 182 g/mol. The zero-order valence-corrected chi connectivity index (χ0v) is 9.71. The molecule has 0 aliphatic carbocycles. The Kier molecular flexibility index (Phi) is 5.76. The first-order chi connectivity index (χ1) is 7.34. The zero-order valence-electron chi connectivity index (χ0n) is 9.71. The van der Waals surface area contributed by atoms with Gasteiger partial charge in [0, 0.05) is 12.4 Å². The van der Waals surface area contributed by atoms with Crippen molar-refractivity contribution in [2.45, 2.75) is 45.4 Å². The van der Waals surface area contributed by atoms with E-state index in [1.165, 1.54) is 43.2 Å². The van der Waals surface area contributed by atoms with Crippen LogP contribution in [0.2, 0.25) is 0 Å². The molecule has 0 amide bonds. The highest BCUT2D eigenvalue weighted by atomic mass is 14.6. The van der Waals surface area contributed by atoms with E-state index < -0.39 is 0 Å². The van der Waals surface area contributed by atoms with Crippen LogP contribution in [0.4, 0.5) is 0 Å². The summed E-state index contributed by atoms with van der Waals surface area (Å²) < 4.78 is 0. The standard InChI is InChI=1S/C14H21N/c1-3-4-5-6-7-9-13(2)14-10-8-11-15-12-14/h8,10-12H,2-7,9H2,1H3. The summed E-state index contributed by atoms with van der Waals surface area (Å²) in [5.74, 6) is 0. The summed E-state index contributed by atoms with van der Waals surface area (Å²) in [4.78, 5) is 4.10. The second kappa shape index (κ2) is 7.22.